The summed E-state index contributed by atoms with van der Waals surface area (Å²) in [6.07, 6.45) is 2.41. The van der Waals surface area contributed by atoms with Gasteiger partial charge < -0.3 is 0 Å². The maximum Gasteiger partial charge on any atom is 0.196 e. The van der Waals surface area contributed by atoms with Crippen LogP contribution in [0.5, 0.6) is 0 Å². The molecule has 0 saturated carbocycles. The molecule has 2 atom stereocenters. The maximum atomic E-state index is 8.49. The highest BCUT2D eigenvalue weighted by Crippen LogP contribution is 2.17. The summed E-state index contributed by atoms with van der Waals surface area (Å²) >= 11 is 0. The molecular weight excluding hydrogens is 116 g/mol. The molecule has 0 spiro atoms. The highest BCUT2D eigenvalue weighted by molar-refractivity contribution is 4.93. The van der Waals surface area contributed by atoms with Gasteiger partial charge in [0.15, 0.2) is 6.19 Å². The number of fused-ring (bicyclic) bond motifs is 2. The molecule has 3 rings (SSSR count). The van der Waals surface area contributed by atoms with E-state index in [9.17, 15) is 0 Å². The van der Waals surface area contributed by atoms with Crippen LogP contribution in [0.4, 0.5) is 0 Å². The third kappa shape index (κ3) is 0.530. The number of nitrogens with one attached hydrogen (secondary N) is 1. The van der Waals surface area contributed by atoms with Crippen molar-refractivity contribution in [2.75, 3.05) is 19.6 Å². The molecule has 0 aromatic heterocycles. The van der Waals surface area contributed by atoms with E-state index < -0.39 is 0 Å². The smallest absolute Gasteiger partial charge is 0.196 e. The summed E-state index contributed by atoms with van der Waals surface area (Å²) in [5.74, 6) is 0. The molecule has 3 saturated heterocycles. The third-order valence-corrected chi connectivity index (χ3v) is 1.84. The molecule has 0 aromatic rings. The first-order chi connectivity index (χ1) is 4.42. The Labute approximate surface area is 53.6 Å². The van der Waals surface area contributed by atoms with Gasteiger partial charge in [0, 0.05) is 13.1 Å². The van der Waals surface area contributed by atoms with Crippen LogP contribution in [-0.2, 0) is 0 Å². The zero-order chi connectivity index (χ0) is 6.27. The fourth-order valence-corrected chi connectivity index (χ4v) is 1.31. The van der Waals surface area contributed by atoms with Crippen molar-refractivity contribution >= 4 is 0 Å². The van der Waals surface area contributed by atoms with Crippen molar-refractivity contribution in [2.24, 2.45) is 0 Å². The van der Waals surface area contributed by atoms with Gasteiger partial charge in [-0.2, -0.15) is 5.26 Å². The molecule has 9 heavy (non-hydrogen) atoms. The van der Waals surface area contributed by atoms with E-state index >= 15 is 0 Å². The summed E-state index contributed by atoms with van der Waals surface area (Å²) in [6.45, 7) is 3.00. The van der Waals surface area contributed by atoms with Gasteiger partial charge in [0.25, 0.3) is 0 Å². The second-order valence-corrected chi connectivity index (χ2v) is 2.33. The van der Waals surface area contributed by atoms with Gasteiger partial charge in [-0.05, 0) is 0 Å². The van der Waals surface area contributed by atoms with Gasteiger partial charge in [0.05, 0.1) is 6.54 Å². The minimum absolute atomic E-state index is 0.309. The van der Waals surface area contributed by atoms with Gasteiger partial charge in [-0.3, -0.25) is 5.32 Å². The monoisotopic (exact) mass is 124 g/mol. The predicted octanol–water partition coefficient (Wildman–Crippen LogP) is -1.07. The van der Waals surface area contributed by atoms with Crippen molar-refractivity contribution in [3.8, 4) is 6.19 Å². The van der Waals surface area contributed by atoms with E-state index in [1.165, 1.54) is 0 Å². The van der Waals surface area contributed by atoms with Crippen LogP contribution in [0.1, 0.15) is 0 Å². The Morgan fingerprint density at radius 3 is 2.89 bits per heavy atom. The van der Waals surface area contributed by atoms with Gasteiger partial charge in [0.1, 0.15) is 6.17 Å². The molecule has 4 heteroatoms. The number of hydrogen-bond acceptors (Lipinski definition) is 4. The van der Waals surface area contributed by atoms with Crippen LogP contribution in [0.2, 0.25) is 0 Å². The van der Waals surface area contributed by atoms with Crippen molar-refractivity contribution < 1.29 is 0 Å². The Morgan fingerprint density at radius 2 is 2.56 bits per heavy atom. The summed E-state index contributed by atoms with van der Waals surface area (Å²) in [7, 11) is 0. The third-order valence-electron chi connectivity index (χ3n) is 1.84. The number of nitrogens with zero attached hydrogens (tertiary/aromatic N) is 3. The molecule has 3 aliphatic rings. The quantitative estimate of drug-likeness (QED) is 0.417. The molecule has 0 amide bonds. The standard InChI is InChI=1S/C5H8N4/c6-4-9-5-3-8(9)2-1-7-5/h5,7H,1-3H2. The fourth-order valence-electron chi connectivity index (χ4n) is 1.31. The molecule has 3 aliphatic heterocycles. The topological polar surface area (TPSA) is 42.3 Å². The van der Waals surface area contributed by atoms with Crippen molar-refractivity contribution in [1.82, 2.24) is 15.3 Å². The van der Waals surface area contributed by atoms with Crippen LogP contribution in [0.15, 0.2) is 0 Å². The molecule has 2 unspecified atom stereocenters. The molecular formula is C5H8N4. The van der Waals surface area contributed by atoms with E-state index in [4.69, 9.17) is 5.26 Å². The molecule has 0 aromatic carbocycles. The Bertz CT molecular complexity index is 147. The van der Waals surface area contributed by atoms with Crippen LogP contribution < -0.4 is 5.32 Å². The molecule has 1 N–H and O–H groups in total. The van der Waals surface area contributed by atoms with E-state index in [0.29, 0.717) is 6.17 Å². The van der Waals surface area contributed by atoms with E-state index in [0.717, 1.165) is 19.6 Å². The lowest BCUT2D eigenvalue weighted by Crippen LogP contribution is -2.73. The Hall–Kier alpha value is -0.790. The summed E-state index contributed by atoms with van der Waals surface area (Å²) in [6, 6.07) is 0. The average Bonchev–Trinajstić information content (AvgIpc) is 1.90. The minimum atomic E-state index is 0.309. The van der Waals surface area contributed by atoms with Gasteiger partial charge in [0.2, 0.25) is 0 Å². The molecule has 0 aliphatic carbocycles. The first-order valence-electron chi connectivity index (χ1n) is 3.09. The van der Waals surface area contributed by atoms with Crippen molar-refractivity contribution in [1.29, 1.82) is 5.26 Å². The minimum Gasteiger partial charge on any atom is -0.293 e. The zero-order valence-electron chi connectivity index (χ0n) is 5.04. The Kier molecular flexibility index (Phi) is 0.891. The predicted molar refractivity (Wildman–Crippen MR) is 30.8 cm³/mol. The Morgan fingerprint density at radius 1 is 1.67 bits per heavy atom. The summed E-state index contributed by atoms with van der Waals surface area (Å²) in [4.78, 5) is 0. The first kappa shape index (κ1) is 5.03. The lowest BCUT2D eigenvalue weighted by molar-refractivity contribution is -0.154. The molecule has 2 bridgehead atoms. The van der Waals surface area contributed by atoms with Crippen LogP contribution in [0.3, 0.4) is 0 Å². The van der Waals surface area contributed by atoms with Crippen LogP contribution in [0.25, 0.3) is 0 Å². The van der Waals surface area contributed by atoms with Gasteiger partial charge in [-0.25, -0.2) is 10.0 Å². The molecule has 3 heterocycles. The van der Waals surface area contributed by atoms with E-state index in [-0.39, 0.29) is 0 Å². The van der Waals surface area contributed by atoms with E-state index in [2.05, 4.69) is 11.5 Å². The number of piperazine rings is 1. The van der Waals surface area contributed by atoms with E-state index in [1.54, 1.807) is 5.01 Å². The largest absolute Gasteiger partial charge is 0.293 e. The first-order valence-corrected chi connectivity index (χ1v) is 3.09. The number of hydrogen-bond donors (Lipinski definition) is 1. The highest BCUT2D eigenvalue weighted by Gasteiger charge is 2.38. The zero-order valence-corrected chi connectivity index (χ0v) is 5.04. The lowest BCUT2D eigenvalue weighted by Gasteiger charge is -2.51. The van der Waals surface area contributed by atoms with Gasteiger partial charge in [-0.15, -0.1) is 0 Å². The number of nitriles is 1. The average molecular weight is 124 g/mol. The van der Waals surface area contributed by atoms with Gasteiger partial charge >= 0.3 is 0 Å². The number of rotatable bonds is 0. The maximum absolute atomic E-state index is 8.49. The van der Waals surface area contributed by atoms with Crippen LogP contribution >= 0.6 is 0 Å². The van der Waals surface area contributed by atoms with E-state index in [1.807, 2.05) is 5.01 Å². The molecule has 4 nitrogen and oxygen atoms in total. The second-order valence-electron chi connectivity index (χ2n) is 2.33. The fraction of sp³-hybridized carbons (Fsp3) is 0.800. The van der Waals surface area contributed by atoms with Crippen molar-refractivity contribution in [3.63, 3.8) is 0 Å². The Balaban J connectivity index is 2.07. The van der Waals surface area contributed by atoms with Crippen LogP contribution in [-0.4, -0.2) is 35.8 Å². The molecule has 0 radical (unpaired) electrons. The molecule has 48 valence electrons. The van der Waals surface area contributed by atoms with Gasteiger partial charge in [-0.1, -0.05) is 0 Å². The second kappa shape index (κ2) is 1.59. The lowest BCUT2D eigenvalue weighted by atomic mass is 10.2. The normalized spacial score (nSPS) is 39.2. The number of hydrazine groups is 1. The summed E-state index contributed by atoms with van der Waals surface area (Å²) in [5.41, 5.74) is 0. The van der Waals surface area contributed by atoms with Crippen molar-refractivity contribution in [3.05, 3.63) is 0 Å². The summed E-state index contributed by atoms with van der Waals surface area (Å²) < 4.78 is 0. The SMILES string of the molecule is N#CN1C2CN1CCN2. The van der Waals surface area contributed by atoms with Crippen molar-refractivity contribution in [2.45, 2.75) is 6.17 Å². The summed E-state index contributed by atoms with van der Waals surface area (Å²) in [5, 5.41) is 15.4. The van der Waals surface area contributed by atoms with Crippen LogP contribution in [0, 0.1) is 11.5 Å². The highest BCUT2D eigenvalue weighted by atomic mass is 15.7. The molecule has 3 fully saturated rings.